The molecule has 0 atom stereocenters. The van der Waals surface area contributed by atoms with E-state index in [-0.39, 0.29) is 0 Å². The summed E-state index contributed by atoms with van der Waals surface area (Å²) >= 11 is 0. The average molecular weight is 391 g/mol. The van der Waals surface area contributed by atoms with Gasteiger partial charge in [0, 0.05) is 4.90 Å². The van der Waals surface area contributed by atoms with Gasteiger partial charge in [0.2, 0.25) is 0 Å². The van der Waals surface area contributed by atoms with Crippen molar-refractivity contribution in [1.29, 1.82) is 0 Å². The fourth-order valence-corrected chi connectivity index (χ4v) is 8.00. The van der Waals surface area contributed by atoms with E-state index >= 15 is 0 Å². The molecule has 1 aliphatic heterocycles. The van der Waals surface area contributed by atoms with Crippen LogP contribution in [0.3, 0.4) is 0 Å². The molecule has 2 aromatic carbocycles. The van der Waals surface area contributed by atoms with E-state index in [9.17, 15) is 25.3 Å². The number of fused-ring (bicyclic) bond motifs is 1. The molecule has 0 amide bonds. The molecule has 1 aliphatic rings. The normalized spacial score (nSPS) is 21.3. The van der Waals surface area contributed by atoms with Crippen molar-refractivity contribution in [2.24, 2.45) is 0 Å². The van der Waals surface area contributed by atoms with Gasteiger partial charge in [-0.15, -0.1) is 0 Å². The SMILES string of the molecule is O=S1(=O)OCCOS(=O)(=O)[C-]1S(=O)(=O)c1ccc2ccccc2c1. The van der Waals surface area contributed by atoms with Gasteiger partial charge in [0.15, 0.2) is 20.2 Å². The zero-order valence-electron chi connectivity index (χ0n) is 11.9. The van der Waals surface area contributed by atoms with E-state index in [2.05, 4.69) is 8.37 Å². The van der Waals surface area contributed by atoms with E-state index in [1.54, 1.807) is 24.3 Å². The first-order chi connectivity index (χ1) is 11.1. The smallest absolute Gasteiger partial charge is 0.170 e. The fourth-order valence-electron chi connectivity index (χ4n) is 2.21. The molecular formula is C13H11O8S3-. The van der Waals surface area contributed by atoms with Crippen molar-refractivity contribution >= 4 is 40.8 Å². The van der Waals surface area contributed by atoms with Crippen LogP contribution < -0.4 is 0 Å². The van der Waals surface area contributed by atoms with Gasteiger partial charge in [0.05, 0.1) is 27.0 Å². The van der Waals surface area contributed by atoms with Crippen LogP contribution in [0.2, 0.25) is 0 Å². The lowest BCUT2D eigenvalue weighted by molar-refractivity contribution is 0.237. The minimum atomic E-state index is -5.01. The van der Waals surface area contributed by atoms with Crippen LogP contribution in [0.1, 0.15) is 0 Å². The molecule has 0 saturated carbocycles. The Kier molecular flexibility index (Phi) is 4.16. The number of hydrogen-bond donors (Lipinski definition) is 0. The highest BCUT2D eigenvalue weighted by Crippen LogP contribution is 2.35. The zero-order valence-corrected chi connectivity index (χ0v) is 14.4. The predicted octanol–water partition coefficient (Wildman–Crippen LogP) is 0.767. The summed E-state index contributed by atoms with van der Waals surface area (Å²) in [6, 6.07) is 10.5. The minimum absolute atomic E-state index is 0.488. The molecule has 0 radical (unpaired) electrons. The monoisotopic (exact) mass is 391 g/mol. The Balaban J connectivity index is 2.23. The van der Waals surface area contributed by atoms with Crippen molar-refractivity contribution in [3.05, 3.63) is 46.4 Å². The quantitative estimate of drug-likeness (QED) is 0.543. The molecule has 1 fully saturated rings. The minimum Gasteiger partial charge on any atom is -0.290 e. The Morgan fingerprint density at radius 1 is 0.833 bits per heavy atom. The average Bonchev–Trinajstić information content (AvgIpc) is 2.61. The molecule has 0 unspecified atom stereocenters. The van der Waals surface area contributed by atoms with Gasteiger partial charge in [0.1, 0.15) is 0 Å². The second-order valence-electron chi connectivity index (χ2n) is 4.81. The van der Waals surface area contributed by atoms with Crippen molar-refractivity contribution < 1.29 is 33.6 Å². The summed E-state index contributed by atoms with van der Waals surface area (Å²) in [5.74, 6) is 0. The van der Waals surface area contributed by atoms with E-state index in [0.29, 0.717) is 10.8 Å². The van der Waals surface area contributed by atoms with Crippen LogP contribution in [0.4, 0.5) is 0 Å². The van der Waals surface area contributed by atoms with E-state index in [1.807, 2.05) is 0 Å². The highest BCUT2D eigenvalue weighted by Gasteiger charge is 2.39. The largest absolute Gasteiger partial charge is 0.290 e. The van der Waals surface area contributed by atoms with Crippen LogP contribution in [0.15, 0.2) is 47.4 Å². The Labute approximate surface area is 139 Å². The highest BCUT2D eigenvalue weighted by atomic mass is 32.3. The number of hydrogen-bond acceptors (Lipinski definition) is 8. The van der Waals surface area contributed by atoms with Gasteiger partial charge >= 0.3 is 0 Å². The van der Waals surface area contributed by atoms with Gasteiger partial charge in [-0.25, -0.2) is 16.8 Å². The van der Waals surface area contributed by atoms with Gasteiger partial charge in [0.25, 0.3) is 0 Å². The zero-order chi connectivity index (χ0) is 17.6. The van der Waals surface area contributed by atoms with Crippen molar-refractivity contribution in [2.45, 2.75) is 4.90 Å². The first-order valence-electron chi connectivity index (χ1n) is 6.54. The summed E-state index contributed by atoms with van der Waals surface area (Å²) in [6.45, 7) is -1.20. The third-order valence-corrected chi connectivity index (χ3v) is 10.1. The predicted molar refractivity (Wildman–Crippen MR) is 84.1 cm³/mol. The van der Waals surface area contributed by atoms with Crippen molar-refractivity contribution in [1.82, 2.24) is 0 Å². The molecule has 0 aliphatic carbocycles. The Bertz CT molecular complexity index is 1060. The van der Waals surface area contributed by atoms with E-state index in [4.69, 9.17) is 0 Å². The first kappa shape index (κ1) is 17.3. The van der Waals surface area contributed by atoms with Crippen LogP contribution in [0.25, 0.3) is 10.8 Å². The maximum absolute atomic E-state index is 12.7. The molecule has 8 nitrogen and oxygen atoms in total. The van der Waals surface area contributed by atoms with Gasteiger partial charge in [-0.05, 0) is 22.9 Å². The summed E-state index contributed by atoms with van der Waals surface area (Å²) in [6.07, 6.45) is 0. The molecule has 0 bridgehead atoms. The topological polar surface area (TPSA) is 121 Å². The molecule has 11 heteroatoms. The molecule has 0 aromatic heterocycles. The molecule has 24 heavy (non-hydrogen) atoms. The molecule has 1 heterocycles. The summed E-state index contributed by atoms with van der Waals surface area (Å²) < 4.78 is 80.3. The lowest BCUT2D eigenvalue weighted by Crippen LogP contribution is -2.30. The summed E-state index contributed by atoms with van der Waals surface area (Å²) in [4.78, 5) is -0.488. The lowest BCUT2D eigenvalue weighted by atomic mass is 10.1. The molecule has 3 rings (SSSR count). The maximum Gasteiger partial charge on any atom is 0.170 e. The van der Waals surface area contributed by atoms with Gasteiger partial charge in [-0.3, -0.25) is 16.8 Å². The third kappa shape index (κ3) is 2.93. The summed E-state index contributed by atoms with van der Waals surface area (Å²) in [5.41, 5.74) is 0. The van der Waals surface area contributed by atoms with Crippen molar-refractivity contribution in [3.63, 3.8) is 0 Å². The van der Waals surface area contributed by atoms with Crippen LogP contribution in [0, 0.1) is 3.91 Å². The lowest BCUT2D eigenvalue weighted by Gasteiger charge is -2.25. The molecule has 1 saturated heterocycles. The van der Waals surface area contributed by atoms with E-state index in [0.717, 1.165) is 6.07 Å². The second kappa shape index (κ2) is 5.77. The van der Waals surface area contributed by atoms with Crippen LogP contribution >= 0.6 is 0 Å². The van der Waals surface area contributed by atoms with Crippen molar-refractivity contribution in [3.8, 4) is 0 Å². The van der Waals surface area contributed by atoms with Gasteiger partial charge in [-0.1, -0.05) is 30.3 Å². The molecular weight excluding hydrogens is 380 g/mol. The summed E-state index contributed by atoms with van der Waals surface area (Å²) in [7, 11) is -14.9. The summed E-state index contributed by atoms with van der Waals surface area (Å²) in [5, 5.41) is 1.21. The highest BCUT2D eigenvalue weighted by molar-refractivity contribution is 8.26. The van der Waals surface area contributed by atoms with E-state index < -0.39 is 52.1 Å². The van der Waals surface area contributed by atoms with Crippen LogP contribution in [-0.4, -0.2) is 38.5 Å². The van der Waals surface area contributed by atoms with Crippen molar-refractivity contribution in [2.75, 3.05) is 13.2 Å². The molecule has 130 valence electrons. The fraction of sp³-hybridized carbons (Fsp3) is 0.154. The molecule has 2 aromatic rings. The number of rotatable bonds is 2. The number of benzene rings is 2. The third-order valence-electron chi connectivity index (χ3n) is 3.22. The Morgan fingerprint density at radius 3 is 1.96 bits per heavy atom. The Hall–Kier alpha value is -1.53. The first-order valence-corrected chi connectivity index (χ1v) is 10.8. The second-order valence-corrected chi connectivity index (χ2v) is 10.6. The maximum atomic E-state index is 12.7. The van der Waals surface area contributed by atoms with E-state index in [1.165, 1.54) is 12.1 Å². The van der Waals surface area contributed by atoms with Gasteiger partial charge < -0.3 is 0 Å². The van der Waals surface area contributed by atoms with Crippen LogP contribution in [0.5, 0.6) is 0 Å². The number of sulfone groups is 1. The molecule has 0 spiro atoms. The van der Waals surface area contributed by atoms with Crippen LogP contribution in [-0.2, 0) is 38.4 Å². The standard InChI is InChI=1S/C13H11O8S3/c14-22(15,12-6-5-10-3-1-2-4-11(10)9-12)13-23(16,17)20-7-8-21-24(13,18)19/h1-6,9H,7-8H2/q-1. The molecule has 0 N–H and O–H groups in total. The van der Waals surface area contributed by atoms with Gasteiger partial charge in [-0.2, -0.15) is 0 Å². The Morgan fingerprint density at radius 2 is 1.38 bits per heavy atom.